The van der Waals surface area contributed by atoms with Crippen LogP contribution in [0.2, 0.25) is 0 Å². The second-order valence-electron chi connectivity index (χ2n) is 5.49. The summed E-state index contributed by atoms with van der Waals surface area (Å²) in [6, 6.07) is 13.3. The van der Waals surface area contributed by atoms with Crippen molar-refractivity contribution in [2.75, 3.05) is 13.2 Å². The van der Waals surface area contributed by atoms with E-state index in [1.165, 1.54) is 11.6 Å². The van der Waals surface area contributed by atoms with Crippen LogP contribution in [0.25, 0.3) is 0 Å². The van der Waals surface area contributed by atoms with Crippen LogP contribution in [0.5, 0.6) is 5.75 Å². The first-order chi connectivity index (χ1) is 10.2. The molecule has 1 aliphatic heterocycles. The van der Waals surface area contributed by atoms with E-state index in [0.29, 0.717) is 6.61 Å². The van der Waals surface area contributed by atoms with E-state index in [2.05, 4.69) is 18.3 Å². The van der Waals surface area contributed by atoms with E-state index in [9.17, 15) is 4.39 Å². The smallest absolute Gasteiger partial charge is 0.123 e. The molecule has 0 saturated heterocycles. The Kier molecular flexibility index (Phi) is 3.93. The molecule has 0 saturated carbocycles. The molecule has 0 spiro atoms. The average molecular weight is 285 g/mol. The fourth-order valence-corrected chi connectivity index (χ4v) is 3.14. The second kappa shape index (κ2) is 5.86. The SMILES string of the molecule is CCNC(c1ccc(F)cc1C)C1COc2ccccc21. The minimum Gasteiger partial charge on any atom is -0.493 e. The Bertz CT molecular complexity index is 641. The van der Waals surface area contributed by atoms with Crippen LogP contribution in [0.3, 0.4) is 0 Å². The highest BCUT2D eigenvalue weighted by molar-refractivity contribution is 5.43. The minimum absolute atomic E-state index is 0.138. The Morgan fingerprint density at radius 2 is 2.10 bits per heavy atom. The highest BCUT2D eigenvalue weighted by Gasteiger charge is 2.32. The summed E-state index contributed by atoms with van der Waals surface area (Å²) in [6.07, 6.45) is 0. The number of nitrogens with one attached hydrogen (secondary N) is 1. The van der Waals surface area contributed by atoms with Gasteiger partial charge in [-0.05, 0) is 42.8 Å². The predicted molar refractivity (Wildman–Crippen MR) is 82.2 cm³/mol. The third kappa shape index (κ3) is 2.66. The zero-order chi connectivity index (χ0) is 14.8. The fraction of sp³-hybridized carbons (Fsp3) is 0.333. The third-order valence-electron chi connectivity index (χ3n) is 4.13. The van der Waals surface area contributed by atoms with Gasteiger partial charge in [0.15, 0.2) is 0 Å². The molecule has 1 heterocycles. The van der Waals surface area contributed by atoms with Crippen molar-refractivity contribution in [3.8, 4) is 5.75 Å². The van der Waals surface area contributed by atoms with Gasteiger partial charge in [0.25, 0.3) is 0 Å². The molecular weight excluding hydrogens is 265 g/mol. The number of para-hydroxylation sites is 1. The van der Waals surface area contributed by atoms with Crippen LogP contribution in [-0.2, 0) is 0 Å². The quantitative estimate of drug-likeness (QED) is 0.918. The lowest BCUT2D eigenvalue weighted by Gasteiger charge is -2.25. The molecule has 1 N–H and O–H groups in total. The maximum Gasteiger partial charge on any atom is 0.123 e. The molecule has 0 bridgehead atoms. The molecule has 0 radical (unpaired) electrons. The van der Waals surface area contributed by atoms with Gasteiger partial charge in [-0.3, -0.25) is 0 Å². The summed E-state index contributed by atoms with van der Waals surface area (Å²) in [5.41, 5.74) is 3.35. The lowest BCUT2D eigenvalue weighted by Crippen LogP contribution is -2.28. The molecular formula is C18H20FNO. The standard InChI is InChI=1S/C18H20FNO/c1-3-20-18(14-9-8-13(19)10-12(14)2)16-11-21-17-7-5-4-6-15(16)17/h4-10,16,18,20H,3,11H2,1-2H3. The van der Waals surface area contributed by atoms with Crippen LogP contribution >= 0.6 is 0 Å². The van der Waals surface area contributed by atoms with E-state index in [4.69, 9.17) is 4.74 Å². The molecule has 0 aliphatic carbocycles. The zero-order valence-electron chi connectivity index (χ0n) is 12.4. The van der Waals surface area contributed by atoms with Crippen molar-refractivity contribution in [2.24, 2.45) is 0 Å². The molecule has 3 rings (SSSR count). The van der Waals surface area contributed by atoms with Crippen molar-refractivity contribution in [3.63, 3.8) is 0 Å². The number of ether oxygens (including phenoxy) is 1. The van der Waals surface area contributed by atoms with Gasteiger partial charge in [-0.15, -0.1) is 0 Å². The largest absolute Gasteiger partial charge is 0.493 e. The Hall–Kier alpha value is -1.87. The average Bonchev–Trinajstić information content (AvgIpc) is 2.89. The maximum atomic E-state index is 13.4. The molecule has 1 aliphatic rings. The Morgan fingerprint density at radius 1 is 1.29 bits per heavy atom. The molecule has 2 nitrogen and oxygen atoms in total. The van der Waals surface area contributed by atoms with Gasteiger partial charge in [-0.25, -0.2) is 4.39 Å². The predicted octanol–water partition coefficient (Wildman–Crippen LogP) is 3.96. The number of hydrogen-bond donors (Lipinski definition) is 1. The van der Waals surface area contributed by atoms with Gasteiger partial charge in [0, 0.05) is 17.5 Å². The van der Waals surface area contributed by atoms with Crippen LogP contribution in [0.15, 0.2) is 42.5 Å². The van der Waals surface area contributed by atoms with Gasteiger partial charge < -0.3 is 10.1 Å². The number of hydrogen-bond acceptors (Lipinski definition) is 2. The molecule has 2 aromatic rings. The number of likely N-dealkylation sites (N-methyl/N-ethyl adjacent to an activating group) is 1. The summed E-state index contributed by atoms with van der Waals surface area (Å²) >= 11 is 0. The molecule has 2 unspecified atom stereocenters. The Balaban J connectivity index is 1.99. The summed E-state index contributed by atoms with van der Waals surface area (Å²) in [6.45, 7) is 5.58. The van der Waals surface area contributed by atoms with E-state index in [1.54, 1.807) is 6.07 Å². The van der Waals surface area contributed by atoms with Gasteiger partial charge >= 0.3 is 0 Å². The maximum absolute atomic E-state index is 13.4. The first-order valence-corrected chi connectivity index (χ1v) is 7.42. The highest BCUT2D eigenvalue weighted by Crippen LogP contribution is 2.41. The molecule has 3 heteroatoms. The van der Waals surface area contributed by atoms with Gasteiger partial charge in [0.2, 0.25) is 0 Å². The monoisotopic (exact) mass is 285 g/mol. The third-order valence-corrected chi connectivity index (χ3v) is 4.13. The first-order valence-electron chi connectivity index (χ1n) is 7.42. The number of aryl methyl sites for hydroxylation is 1. The van der Waals surface area contributed by atoms with Crippen molar-refractivity contribution < 1.29 is 9.13 Å². The molecule has 110 valence electrons. The topological polar surface area (TPSA) is 21.3 Å². The van der Waals surface area contributed by atoms with Crippen LogP contribution in [0.4, 0.5) is 4.39 Å². The van der Waals surface area contributed by atoms with Gasteiger partial charge in [-0.2, -0.15) is 0 Å². The van der Waals surface area contributed by atoms with Gasteiger partial charge in [-0.1, -0.05) is 31.2 Å². The normalized spacial score (nSPS) is 18.1. The van der Waals surface area contributed by atoms with E-state index in [1.807, 2.05) is 31.2 Å². The van der Waals surface area contributed by atoms with Crippen molar-refractivity contribution in [1.82, 2.24) is 5.32 Å². The lowest BCUT2D eigenvalue weighted by atomic mass is 9.86. The van der Waals surface area contributed by atoms with Crippen LogP contribution in [0.1, 0.15) is 35.6 Å². The number of benzene rings is 2. The van der Waals surface area contributed by atoms with Crippen molar-refractivity contribution in [1.29, 1.82) is 0 Å². The summed E-state index contributed by atoms with van der Waals surface area (Å²) in [5, 5.41) is 3.54. The summed E-state index contributed by atoms with van der Waals surface area (Å²) in [5.74, 6) is 1.03. The fourth-order valence-electron chi connectivity index (χ4n) is 3.14. The highest BCUT2D eigenvalue weighted by atomic mass is 19.1. The van der Waals surface area contributed by atoms with E-state index in [-0.39, 0.29) is 17.8 Å². The van der Waals surface area contributed by atoms with Crippen LogP contribution < -0.4 is 10.1 Å². The molecule has 21 heavy (non-hydrogen) atoms. The number of rotatable bonds is 4. The molecule has 0 aromatic heterocycles. The lowest BCUT2D eigenvalue weighted by molar-refractivity contribution is 0.300. The van der Waals surface area contributed by atoms with Crippen LogP contribution in [-0.4, -0.2) is 13.2 Å². The minimum atomic E-state index is -0.186. The molecule has 0 amide bonds. The summed E-state index contributed by atoms with van der Waals surface area (Å²) in [4.78, 5) is 0. The van der Waals surface area contributed by atoms with Gasteiger partial charge in [0.1, 0.15) is 11.6 Å². The van der Waals surface area contributed by atoms with Gasteiger partial charge in [0.05, 0.1) is 6.61 Å². The van der Waals surface area contributed by atoms with Crippen molar-refractivity contribution >= 4 is 0 Å². The molecule has 2 atom stereocenters. The number of fused-ring (bicyclic) bond motifs is 1. The summed E-state index contributed by atoms with van der Waals surface area (Å²) in [7, 11) is 0. The zero-order valence-corrected chi connectivity index (χ0v) is 12.4. The van der Waals surface area contributed by atoms with Crippen LogP contribution in [0, 0.1) is 12.7 Å². The van der Waals surface area contributed by atoms with Crippen molar-refractivity contribution in [3.05, 3.63) is 65.0 Å². The summed E-state index contributed by atoms with van der Waals surface area (Å²) < 4.78 is 19.2. The second-order valence-corrected chi connectivity index (χ2v) is 5.49. The van der Waals surface area contributed by atoms with E-state index < -0.39 is 0 Å². The number of halogens is 1. The first kappa shape index (κ1) is 14.1. The van der Waals surface area contributed by atoms with E-state index >= 15 is 0 Å². The van der Waals surface area contributed by atoms with E-state index in [0.717, 1.165) is 23.4 Å². The Morgan fingerprint density at radius 3 is 2.86 bits per heavy atom. The van der Waals surface area contributed by atoms with Crippen molar-refractivity contribution in [2.45, 2.75) is 25.8 Å². The Labute approximate surface area is 125 Å². The molecule has 0 fully saturated rings. The molecule has 2 aromatic carbocycles.